The molecule has 3 aliphatic rings. The molecule has 0 bridgehead atoms. The van der Waals surface area contributed by atoms with Crippen LogP contribution in [0.5, 0.6) is 0 Å². The predicted molar refractivity (Wildman–Crippen MR) is 95.0 cm³/mol. The van der Waals surface area contributed by atoms with E-state index in [4.69, 9.17) is 0 Å². The first-order valence-corrected chi connectivity index (χ1v) is 9.84. The number of hydrogen-bond donors (Lipinski definition) is 0. The summed E-state index contributed by atoms with van der Waals surface area (Å²) < 4.78 is 40.7. The van der Waals surface area contributed by atoms with Crippen LogP contribution in [0.3, 0.4) is 0 Å². The molecule has 4 heterocycles. The lowest BCUT2D eigenvalue weighted by Gasteiger charge is -2.28. The topological polar surface area (TPSA) is 73.0 Å². The Hall–Kier alpha value is -2.65. The molecule has 1 saturated carbocycles. The molecule has 1 saturated heterocycles. The predicted octanol–water partition coefficient (Wildman–Crippen LogP) is 2.01. The van der Waals surface area contributed by atoms with Crippen molar-refractivity contribution in [2.45, 2.75) is 56.9 Å². The van der Waals surface area contributed by atoms with Gasteiger partial charge in [0.1, 0.15) is 17.6 Å². The number of amides is 1. The highest BCUT2D eigenvalue weighted by Crippen LogP contribution is 2.45. The zero-order chi connectivity index (χ0) is 20.3. The summed E-state index contributed by atoms with van der Waals surface area (Å²) in [5.41, 5.74) is -0.935. The highest BCUT2D eigenvalue weighted by molar-refractivity contribution is 5.81. The minimum atomic E-state index is -4.51. The molecule has 0 unspecified atom stereocenters. The zero-order valence-electron chi connectivity index (χ0n) is 15.6. The standard InChI is InChI=1S/C19H20F3N5O2/c20-19(21,22)15-5-4-11(9-23-15)10-26-18(29)27-13(2-1-3-16(27)24-26)17(28)25-7-6-12-8-14(12)25/h4-5,9,12-14H,1-3,6-8,10H2/t12-,13-,14-/m0/s1. The number of likely N-dealkylation sites (tertiary alicyclic amines) is 1. The number of hydrogen-bond acceptors (Lipinski definition) is 4. The summed E-state index contributed by atoms with van der Waals surface area (Å²) >= 11 is 0. The van der Waals surface area contributed by atoms with E-state index >= 15 is 0 Å². The van der Waals surface area contributed by atoms with Gasteiger partial charge in [-0.25, -0.2) is 9.48 Å². The molecule has 1 aliphatic carbocycles. The summed E-state index contributed by atoms with van der Waals surface area (Å²) in [6.45, 7) is 0.763. The molecule has 2 aromatic rings. The molecule has 7 nitrogen and oxygen atoms in total. The van der Waals surface area contributed by atoms with Gasteiger partial charge in [0, 0.05) is 25.2 Å². The molecule has 2 aromatic heterocycles. The van der Waals surface area contributed by atoms with Crippen molar-refractivity contribution in [3.8, 4) is 0 Å². The van der Waals surface area contributed by atoms with E-state index in [1.165, 1.54) is 15.3 Å². The molecule has 2 aliphatic heterocycles. The average molecular weight is 407 g/mol. The first-order valence-electron chi connectivity index (χ1n) is 9.84. The Morgan fingerprint density at radius 2 is 2.07 bits per heavy atom. The zero-order valence-corrected chi connectivity index (χ0v) is 15.6. The molecule has 29 heavy (non-hydrogen) atoms. The molecular formula is C19H20F3N5O2. The first kappa shape index (κ1) is 18.4. The van der Waals surface area contributed by atoms with Gasteiger partial charge in [0.2, 0.25) is 5.91 Å². The number of halogens is 3. The fourth-order valence-corrected chi connectivity index (χ4v) is 4.59. The summed E-state index contributed by atoms with van der Waals surface area (Å²) in [7, 11) is 0. The smallest absolute Gasteiger partial charge is 0.338 e. The summed E-state index contributed by atoms with van der Waals surface area (Å²) in [5.74, 6) is 1.17. The van der Waals surface area contributed by atoms with Crippen LogP contribution in [-0.4, -0.2) is 42.7 Å². The summed E-state index contributed by atoms with van der Waals surface area (Å²) in [6, 6.07) is 1.98. The van der Waals surface area contributed by atoms with Crippen LogP contribution in [0.4, 0.5) is 13.2 Å². The second-order valence-corrected chi connectivity index (χ2v) is 8.07. The van der Waals surface area contributed by atoms with E-state index in [9.17, 15) is 22.8 Å². The van der Waals surface area contributed by atoms with Gasteiger partial charge in [0.15, 0.2) is 0 Å². The SMILES string of the molecule is O=C([C@@H]1CCCc2nn(Cc3ccc(C(F)(F)F)nc3)c(=O)n21)N1CC[C@H]2C[C@@H]21. The van der Waals surface area contributed by atoms with Gasteiger partial charge in [-0.1, -0.05) is 6.07 Å². The molecule has 10 heteroatoms. The summed E-state index contributed by atoms with van der Waals surface area (Å²) in [5, 5.41) is 4.35. The number of pyridine rings is 1. The van der Waals surface area contributed by atoms with Crippen LogP contribution in [0.15, 0.2) is 23.1 Å². The minimum Gasteiger partial charge on any atom is -0.338 e. The van der Waals surface area contributed by atoms with Crippen LogP contribution in [0.1, 0.15) is 48.8 Å². The van der Waals surface area contributed by atoms with Gasteiger partial charge in [-0.05, 0) is 43.2 Å². The Labute approximate surface area is 164 Å². The Morgan fingerprint density at radius 1 is 1.24 bits per heavy atom. The molecule has 3 atom stereocenters. The monoisotopic (exact) mass is 407 g/mol. The Morgan fingerprint density at radius 3 is 2.69 bits per heavy atom. The number of aryl methyl sites for hydroxylation is 1. The lowest BCUT2D eigenvalue weighted by atomic mass is 10.0. The summed E-state index contributed by atoms with van der Waals surface area (Å²) in [4.78, 5) is 31.4. The maximum absolute atomic E-state index is 13.1. The van der Waals surface area contributed by atoms with Crippen molar-refractivity contribution in [3.63, 3.8) is 0 Å². The van der Waals surface area contributed by atoms with E-state index < -0.39 is 23.6 Å². The van der Waals surface area contributed by atoms with Crippen LogP contribution in [-0.2, 0) is 23.9 Å². The molecule has 154 valence electrons. The maximum atomic E-state index is 13.1. The molecule has 2 fully saturated rings. The van der Waals surface area contributed by atoms with Crippen LogP contribution >= 0.6 is 0 Å². The van der Waals surface area contributed by atoms with Crippen LogP contribution < -0.4 is 5.69 Å². The fraction of sp³-hybridized carbons (Fsp3) is 0.579. The van der Waals surface area contributed by atoms with Crippen LogP contribution in [0, 0.1) is 5.92 Å². The van der Waals surface area contributed by atoms with Crippen molar-refractivity contribution in [2.75, 3.05) is 6.54 Å². The second-order valence-electron chi connectivity index (χ2n) is 8.07. The molecule has 0 spiro atoms. The molecule has 0 radical (unpaired) electrons. The lowest BCUT2D eigenvalue weighted by Crippen LogP contribution is -2.42. The second kappa shape index (κ2) is 6.43. The third-order valence-electron chi connectivity index (χ3n) is 6.17. The third-order valence-corrected chi connectivity index (χ3v) is 6.17. The van der Waals surface area contributed by atoms with Gasteiger partial charge < -0.3 is 4.90 Å². The average Bonchev–Trinajstić information content (AvgIpc) is 3.23. The first-order chi connectivity index (χ1) is 13.8. The number of carbonyl (C=O) groups is 1. The van der Waals surface area contributed by atoms with Crippen molar-refractivity contribution in [1.82, 2.24) is 24.2 Å². The molecule has 0 N–H and O–H groups in total. The van der Waals surface area contributed by atoms with Crippen molar-refractivity contribution < 1.29 is 18.0 Å². The van der Waals surface area contributed by atoms with E-state index in [0.717, 1.165) is 38.1 Å². The van der Waals surface area contributed by atoms with E-state index in [1.54, 1.807) is 0 Å². The van der Waals surface area contributed by atoms with Crippen molar-refractivity contribution in [2.24, 2.45) is 5.92 Å². The number of fused-ring (bicyclic) bond motifs is 2. The van der Waals surface area contributed by atoms with Gasteiger partial charge in [0.25, 0.3) is 0 Å². The van der Waals surface area contributed by atoms with Gasteiger partial charge in [0.05, 0.1) is 6.54 Å². The van der Waals surface area contributed by atoms with Crippen LogP contribution in [0.2, 0.25) is 0 Å². The third kappa shape index (κ3) is 3.14. The van der Waals surface area contributed by atoms with Gasteiger partial charge >= 0.3 is 11.9 Å². The number of aromatic nitrogens is 4. The van der Waals surface area contributed by atoms with Gasteiger partial charge in [-0.3, -0.25) is 14.3 Å². The number of carbonyl (C=O) groups excluding carboxylic acids is 1. The largest absolute Gasteiger partial charge is 0.433 e. The highest BCUT2D eigenvalue weighted by atomic mass is 19.4. The number of rotatable bonds is 3. The highest BCUT2D eigenvalue weighted by Gasteiger charge is 2.50. The molecular weight excluding hydrogens is 387 g/mol. The molecule has 5 rings (SSSR count). The number of nitrogens with zero attached hydrogens (tertiary/aromatic N) is 5. The van der Waals surface area contributed by atoms with Crippen molar-refractivity contribution in [1.29, 1.82) is 0 Å². The molecule has 1 amide bonds. The van der Waals surface area contributed by atoms with E-state index in [1.807, 2.05) is 4.90 Å². The lowest BCUT2D eigenvalue weighted by molar-refractivity contribution is -0.141. The summed E-state index contributed by atoms with van der Waals surface area (Å²) in [6.07, 6.45) is 0.666. The van der Waals surface area contributed by atoms with E-state index in [-0.39, 0.29) is 12.5 Å². The van der Waals surface area contributed by atoms with E-state index in [2.05, 4.69) is 10.1 Å². The van der Waals surface area contributed by atoms with E-state index in [0.29, 0.717) is 36.2 Å². The fourth-order valence-electron chi connectivity index (χ4n) is 4.59. The van der Waals surface area contributed by atoms with Gasteiger partial charge in [-0.2, -0.15) is 18.3 Å². The Kier molecular flexibility index (Phi) is 4.08. The van der Waals surface area contributed by atoms with Gasteiger partial charge in [-0.15, -0.1) is 0 Å². The quantitative estimate of drug-likeness (QED) is 0.780. The number of alkyl halides is 3. The number of piperidine rings is 1. The Bertz CT molecular complexity index is 1010. The maximum Gasteiger partial charge on any atom is 0.433 e. The normalized spacial score (nSPS) is 25.6. The van der Waals surface area contributed by atoms with Crippen molar-refractivity contribution in [3.05, 3.63) is 45.9 Å². The van der Waals surface area contributed by atoms with Crippen molar-refractivity contribution >= 4 is 5.91 Å². The minimum absolute atomic E-state index is 0.00574. The Balaban J connectivity index is 1.40. The molecule has 0 aromatic carbocycles. The van der Waals surface area contributed by atoms with Crippen LogP contribution in [0.25, 0.3) is 0 Å².